The topological polar surface area (TPSA) is 128 Å². The van der Waals surface area contributed by atoms with Gasteiger partial charge >= 0.3 is 0 Å². The smallest absolute Gasteiger partial charge is 0.257 e. The monoisotopic (exact) mass is 649 g/mol. The molecular formula is C35H35N7O4S. The van der Waals surface area contributed by atoms with E-state index >= 15 is 0 Å². The molecule has 0 aromatic carbocycles. The molecule has 1 N–H and O–H groups in total. The molecule has 4 aliphatic rings. The van der Waals surface area contributed by atoms with Gasteiger partial charge in [0.15, 0.2) is 0 Å². The Morgan fingerprint density at radius 2 is 1.94 bits per heavy atom. The van der Waals surface area contributed by atoms with Crippen LogP contribution in [-0.2, 0) is 22.3 Å². The number of fused-ring (bicyclic) bond motifs is 5. The maximum absolute atomic E-state index is 14.3. The summed E-state index contributed by atoms with van der Waals surface area (Å²) in [5.41, 5.74) is 6.24. The highest BCUT2D eigenvalue weighted by Crippen LogP contribution is 2.49. The van der Waals surface area contributed by atoms with E-state index in [1.165, 1.54) is 5.56 Å². The summed E-state index contributed by atoms with van der Waals surface area (Å²) in [7, 11) is 0. The lowest BCUT2D eigenvalue weighted by Gasteiger charge is -2.29. The first-order valence-electron chi connectivity index (χ1n) is 16.6. The van der Waals surface area contributed by atoms with Crippen molar-refractivity contribution < 1.29 is 18.7 Å². The van der Waals surface area contributed by atoms with Crippen molar-refractivity contribution in [1.82, 2.24) is 30.0 Å². The number of morpholine rings is 1. The Hall–Kier alpha value is -4.26. The second kappa shape index (κ2) is 11.8. The van der Waals surface area contributed by atoms with Crippen LogP contribution in [-0.4, -0.2) is 68.9 Å². The first-order valence-corrected chi connectivity index (χ1v) is 17.4. The maximum Gasteiger partial charge on any atom is 0.257 e. The van der Waals surface area contributed by atoms with Crippen LogP contribution in [0.4, 0.5) is 5.82 Å². The number of hydrogen-bond acceptors (Lipinski definition) is 11. The number of amides is 1. The number of nitrogens with one attached hydrogen (secondary N) is 1. The SMILES string of the molecule is Cc1nnc(-c2c(CCC3CCOCC3)nc3c(c2-c2cc4ccnc(N[C@@H]5CCc6ncccc65)c4s2)C(=O)N2CCOC[C@@H]32)o1. The lowest BCUT2D eigenvalue weighted by molar-refractivity contribution is 0.00352. The standard InChI is InChI=1S/C35H35N7O4S/c1-19-40-41-34(46-19)28-25(5-4-20-9-14-44-15-10-20)38-31-26-18-45-16-13-42(26)35(43)30(31)29(28)27-17-21-8-12-37-33(32(21)47-27)39-24-7-6-23-22(24)3-2-11-36-23/h2-3,8,11-12,17,20,24,26H,4-7,9-10,13-16,18H2,1H3,(H,37,39)/t24-,26+/m1/s1. The Balaban J connectivity index is 1.21. The van der Waals surface area contributed by atoms with Crippen LogP contribution in [0.25, 0.3) is 32.0 Å². The highest BCUT2D eigenvalue weighted by atomic mass is 32.1. The maximum atomic E-state index is 14.3. The number of thiophene rings is 1. The zero-order valence-corrected chi connectivity index (χ0v) is 27.0. The number of carbonyl (C=O) groups is 1. The second-order valence-corrected chi connectivity index (χ2v) is 13.9. The van der Waals surface area contributed by atoms with Crippen molar-refractivity contribution in [1.29, 1.82) is 0 Å². The van der Waals surface area contributed by atoms with Crippen molar-refractivity contribution in [3.05, 3.63) is 70.8 Å². The lowest BCUT2D eigenvalue weighted by Crippen LogP contribution is -2.38. The number of nitrogens with zero attached hydrogens (tertiary/aromatic N) is 6. The Kier molecular flexibility index (Phi) is 7.24. The van der Waals surface area contributed by atoms with E-state index in [0.717, 1.165) is 101 Å². The molecule has 0 bridgehead atoms. The first-order chi connectivity index (χ1) is 23.1. The molecule has 3 aliphatic heterocycles. The quantitative estimate of drug-likeness (QED) is 0.221. The minimum atomic E-state index is -0.213. The molecule has 47 heavy (non-hydrogen) atoms. The van der Waals surface area contributed by atoms with Gasteiger partial charge in [-0.05, 0) is 73.6 Å². The van der Waals surface area contributed by atoms with Gasteiger partial charge in [0.2, 0.25) is 11.8 Å². The largest absolute Gasteiger partial charge is 0.421 e. The third-order valence-electron chi connectivity index (χ3n) is 10.1. The van der Waals surface area contributed by atoms with Crippen molar-refractivity contribution in [3.63, 3.8) is 0 Å². The Labute approximate surface area is 275 Å². The molecule has 0 spiro atoms. The molecule has 9 rings (SSSR count). The predicted molar refractivity (Wildman–Crippen MR) is 176 cm³/mol. The fourth-order valence-corrected chi connectivity index (χ4v) is 8.84. The zero-order valence-electron chi connectivity index (χ0n) is 26.2. The highest BCUT2D eigenvalue weighted by Gasteiger charge is 2.44. The van der Waals surface area contributed by atoms with Crippen LogP contribution in [0.15, 0.2) is 41.1 Å². The number of aryl methyl sites for hydroxylation is 3. The summed E-state index contributed by atoms with van der Waals surface area (Å²) in [5, 5.41) is 13.5. The molecule has 12 heteroatoms. The summed E-state index contributed by atoms with van der Waals surface area (Å²) in [4.78, 5) is 31.8. The van der Waals surface area contributed by atoms with Crippen molar-refractivity contribution in [3.8, 4) is 21.9 Å². The van der Waals surface area contributed by atoms with Gasteiger partial charge in [0.05, 0.1) is 52.5 Å². The third kappa shape index (κ3) is 5.01. The molecule has 2 atom stereocenters. The van der Waals surface area contributed by atoms with E-state index in [0.29, 0.717) is 43.0 Å². The van der Waals surface area contributed by atoms with Gasteiger partial charge in [-0.15, -0.1) is 21.5 Å². The van der Waals surface area contributed by atoms with Crippen LogP contribution in [0.3, 0.4) is 0 Å². The van der Waals surface area contributed by atoms with Crippen LogP contribution in [0.2, 0.25) is 0 Å². The minimum absolute atomic E-state index is 0.0201. The third-order valence-corrected chi connectivity index (χ3v) is 11.2. The van der Waals surface area contributed by atoms with Crippen LogP contribution in [0.1, 0.15) is 76.7 Å². The molecule has 240 valence electrons. The summed E-state index contributed by atoms with van der Waals surface area (Å²) in [6, 6.07) is 8.28. The second-order valence-electron chi connectivity index (χ2n) is 12.8. The average molecular weight is 650 g/mol. The van der Waals surface area contributed by atoms with E-state index in [-0.39, 0.29) is 18.0 Å². The van der Waals surface area contributed by atoms with Gasteiger partial charge in [-0.3, -0.25) is 14.8 Å². The summed E-state index contributed by atoms with van der Waals surface area (Å²) >= 11 is 1.64. The number of hydrogen-bond donors (Lipinski definition) is 1. The van der Waals surface area contributed by atoms with Crippen LogP contribution in [0.5, 0.6) is 0 Å². The molecule has 0 radical (unpaired) electrons. The van der Waals surface area contributed by atoms with E-state index in [4.69, 9.17) is 23.9 Å². The lowest BCUT2D eigenvalue weighted by atomic mass is 9.90. The molecular weight excluding hydrogens is 614 g/mol. The molecule has 0 saturated carbocycles. The van der Waals surface area contributed by atoms with Crippen LogP contribution >= 0.6 is 11.3 Å². The number of rotatable bonds is 7. The van der Waals surface area contributed by atoms with Gasteiger partial charge in [0.1, 0.15) is 5.82 Å². The van der Waals surface area contributed by atoms with E-state index in [1.807, 2.05) is 29.4 Å². The van der Waals surface area contributed by atoms with Crippen molar-refractivity contribution in [2.45, 2.75) is 57.5 Å². The molecule has 1 amide bonds. The first kappa shape index (κ1) is 28.9. The highest BCUT2D eigenvalue weighted by molar-refractivity contribution is 7.23. The fraction of sp³-hybridized carbons (Fsp3) is 0.429. The molecule has 11 nitrogen and oxygen atoms in total. The van der Waals surface area contributed by atoms with E-state index in [9.17, 15) is 4.79 Å². The summed E-state index contributed by atoms with van der Waals surface area (Å²) < 4.78 is 18.7. The summed E-state index contributed by atoms with van der Waals surface area (Å²) in [6.45, 7) is 4.87. The van der Waals surface area contributed by atoms with Crippen LogP contribution in [0, 0.1) is 12.8 Å². The fourth-order valence-electron chi connectivity index (χ4n) is 7.68. The normalized spacial score (nSPS) is 20.9. The molecule has 2 saturated heterocycles. The van der Waals surface area contributed by atoms with Crippen molar-refractivity contribution in [2.75, 3.05) is 38.3 Å². The van der Waals surface area contributed by atoms with Crippen molar-refractivity contribution in [2.24, 2.45) is 5.92 Å². The molecule has 5 aromatic rings. The Morgan fingerprint density at radius 3 is 2.81 bits per heavy atom. The van der Waals surface area contributed by atoms with Gasteiger partial charge in [-0.25, -0.2) is 4.98 Å². The van der Waals surface area contributed by atoms with Gasteiger partial charge in [-0.1, -0.05) is 6.07 Å². The number of anilines is 1. The number of carbonyl (C=O) groups excluding carboxylic acids is 1. The number of ether oxygens (including phenoxy) is 2. The number of pyridine rings is 3. The predicted octanol–water partition coefficient (Wildman–Crippen LogP) is 6.10. The Morgan fingerprint density at radius 1 is 1.02 bits per heavy atom. The molecule has 2 fully saturated rings. The minimum Gasteiger partial charge on any atom is -0.421 e. The summed E-state index contributed by atoms with van der Waals surface area (Å²) in [6.07, 6.45) is 9.39. The number of aromatic nitrogens is 5. The van der Waals surface area contributed by atoms with Gasteiger partial charge < -0.3 is 24.1 Å². The van der Waals surface area contributed by atoms with Gasteiger partial charge in [0.25, 0.3) is 5.91 Å². The van der Waals surface area contributed by atoms with Crippen LogP contribution < -0.4 is 5.32 Å². The zero-order chi connectivity index (χ0) is 31.5. The molecule has 0 unspecified atom stereocenters. The van der Waals surface area contributed by atoms with Crippen molar-refractivity contribution >= 4 is 33.1 Å². The van der Waals surface area contributed by atoms with Gasteiger partial charge in [0, 0.05) is 55.2 Å². The average Bonchev–Trinajstić information content (AvgIpc) is 3.90. The molecule has 1 aliphatic carbocycles. The van der Waals surface area contributed by atoms with E-state index in [2.05, 4.69) is 32.6 Å². The molecule has 8 heterocycles. The molecule has 5 aromatic heterocycles. The van der Waals surface area contributed by atoms with E-state index < -0.39 is 0 Å². The summed E-state index contributed by atoms with van der Waals surface area (Å²) in [5.74, 6) is 2.23. The Bertz CT molecular complexity index is 2000. The van der Waals surface area contributed by atoms with Gasteiger partial charge in [-0.2, -0.15) is 0 Å². The van der Waals surface area contributed by atoms with E-state index in [1.54, 1.807) is 18.3 Å².